The van der Waals surface area contributed by atoms with Gasteiger partial charge in [-0.2, -0.15) is 0 Å². The molecule has 74 valence electrons. The van der Waals surface area contributed by atoms with Crippen molar-refractivity contribution < 1.29 is 4.79 Å². The molecule has 0 amide bonds. The number of hydrogen-bond donors (Lipinski definition) is 1. The fourth-order valence-corrected chi connectivity index (χ4v) is 3.29. The number of rotatable bonds is 0. The maximum absolute atomic E-state index is 11.8. The summed E-state index contributed by atoms with van der Waals surface area (Å²) in [6.07, 6.45) is 4.20. The molecular formula is C11H19NO. The SMILES string of the molecule is CC1CC2CC(CC(C)(N)C2)C1=O. The summed E-state index contributed by atoms with van der Waals surface area (Å²) in [7, 11) is 0. The normalized spacial score (nSPS) is 50.7. The van der Waals surface area contributed by atoms with Crippen molar-refractivity contribution in [1.82, 2.24) is 0 Å². The molecule has 2 N–H and O–H groups in total. The lowest BCUT2D eigenvalue weighted by Gasteiger charge is -2.44. The van der Waals surface area contributed by atoms with Gasteiger partial charge in [-0.3, -0.25) is 4.79 Å². The Labute approximate surface area is 79.9 Å². The average molecular weight is 181 g/mol. The molecule has 0 aromatic rings. The fourth-order valence-electron chi connectivity index (χ4n) is 3.29. The van der Waals surface area contributed by atoms with Crippen LogP contribution >= 0.6 is 0 Å². The van der Waals surface area contributed by atoms with Crippen LogP contribution < -0.4 is 5.73 Å². The van der Waals surface area contributed by atoms with E-state index in [0.29, 0.717) is 17.6 Å². The van der Waals surface area contributed by atoms with E-state index in [1.807, 2.05) is 0 Å². The third-order valence-corrected chi connectivity index (χ3v) is 3.66. The van der Waals surface area contributed by atoms with Crippen LogP contribution in [0.2, 0.25) is 0 Å². The number of fused-ring (bicyclic) bond motifs is 2. The summed E-state index contributed by atoms with van der Waals surface area (Å²) in [4.78, 5) is 11.8. The number of Topliss-reactive ketones (excluding diaryl/α,β-unsaturated/α-hetero) is 1. The lowest BCUT2D eigenvalue weighted by atomic mass is 9.62. The topological polar surface area (TPSA) is 43.1 Å². The molecule has 0 aliphatic heterocycles. The van der Waals surface area contributed by atoms with E-state index < -0.39 is 0 Å². The van der Waals surface area contributed by atoms with Crippen LogP contribution in [0.15, 0.2) is 0 Å². The second-order valence-corrected chi connectivity index (χ2v) is 5.40. The van der Waals surface area contributed by atoms with Gasteiger partial charge in [-0.1, -0.05) is 6.92 Å². The van der Waals surface area contributed by atoms with E-state index in [9.17, 15) is 4.79 Å². The molecule has 13 heavy (non-hydrogen) atoms. The van der Waals surface area contributed by atoms with Gasteiger partial charge < -0.3 is 5.73 Å². The molecule has 0 radical (unpaired) electrons. The molecule has 2 nitrogen and oxygen atoms in total. The molecule has 0 spiro atoms. The van der Waals surface area contributed by atoms with E-state index in [1.165, 1.54) is 0 Å². The third-order valence-electron chi connectivity index (χ3n) is 3.66. The van der Waals surface area contributed by atoms with Crippen molar-refractivity contribution in [3.05, 3.63) is 0 Å². The monoisotopic (exact) mass is 181 g/mol. The Morgan fingerprint density at radius 3 is 2.77 bits per heavy atom. The van der Waals surface area contributed by atoms with Crippen molar-refractivity contribution in [3.8, 4) is 0 Å². The van der Waals surface area contributed by atoms with Gasteiger partial charge in [0.05, 0.1) is 0 Å². The van der Waals surface area contributed by atoms with Crippen molar-refractivity contribution in [2.24, 2.45) is 23.5 Å². The summed E-state index contributed by atoms with van der Waals surface area (Å²) >= 11 is 0. The smallest absolute Gasteiger partial charge is 0.138 e. The maximum atomic E-state index is 11.8. The molecule has 0 aromatic carbocycles. The molecule has 2 heteroatoms. The van der Waals surface area contributed by atoms with Gasteiger partial charge in [0, 0.05) is 17.4 Å². The van der Waals surface area contributed by atoms with Crippen molar-refractivity contribution in [1.29, 1.82) is 0 Å². The average Bonchev–Trinajstić information content (AvgIpc) is 1.97. The second kappa shape index (κ2) is 2.81. The quantitative estimate of drug-likeness (QED) is 0.618. The summed E-state index contributed by atoms with van der Waals surface area (Å²) in [5, 5.41) is 0. The molecule has 0 heterocycles. The zero-order chi connectivity index (χ0) is 9.64. The van der Waals surface area contributed by atoms with E-state index >= 15 is 0 Å². The first-order chi connectivity index (χ1) is 5.98. The number of nitrogens with two attached hydrogens (primary N) is 1. The minimum absolute atomic E-state index is 0.0800. The van der Waals surface area contributed by atoms with Crippen molar-refractivity contribution >= 4 is 5.78 Å². The zero-order valence-electron chi connectivity index (χ0n) is 8.55. The number of ketones is 1. The van der Waals surface area contributed by atoms with E-state index in [4.69, 9.17) is 5.73 Å². The van der Waals surface area contributed by atoms with Crippen LogP contribution in [0.4, 0.5) is 0 Å². The molecular weight excluding hydrogens is 162 g/mol. The van der Waals surface area contributed by atoms with Crippen LogP contribution in [0.5, 0.6) is 0 Å². The first-order valence-corrected chi connectivity index (χ1v) is 5.30. The van der Waals surface area contributed by atoms with Crippen molar-refractivity contribution in [2.45, 2.75) is 45.1 Å². The van der Waals surface area contributed by atoms with Gasteiger partial charge in [0.1, 0.15) is 5.78 Å². The summed E-state index contributed by atoms with van der Waals surface area (Å²) < 4.78 is 0. The van der Waals surface area contributed by atoms with Crippen LogP contribution in [0.25, 0.3) is 0 Å². The highest BCUT2D eigenvalue weighted by molar-refractivity contribution is 5.84. The van der Waals surface area contributed by atoms with E-state index in [1.54, 1.807) is 0 Å². The zero-order valence-corrected chi connectivity index (χ0v) is 8.55. The predicted molar refractivity (Wildman–Crippen MR) is 52.2 cm³/mol. The maximum Gasteiger partial charge on any atom is 0.138 e. The lowest BCUT2D eigenvalue weighted by molar-refractivity contribution is -0.132. The Kier molecular flexibility index (Phi) is 1.99. The van der Waals surface area contributed by atoms with Gasteiger partial charge in [0.25, 0.3) is 0 Å². The van der Waals surface area contributed by atoms with Gasteiger partial charge in [-0.25, -0.2) is 0 Å². The molecule has 2 aliphatic rings. The molecule has 0 aromatic heterocycles. The van der Waals surface area contributed by atoms with E-state index in [-0.39, 0.29) is 11.5 Å². The minimum Gasteiger partial charge on any atom is -0.325 e. The highest BCUT2D eigenvalue weighted by Crippen LogP contribution is 2.43. The van der Waals surface area contributed by atoms with Crippen LogP contribution in [-0.4, -0.2) is 11.3 Å². The Morgan fingerprint density at radius 2 is 2.08 bits per heavy atom. The predicted octanol–water partition coefficient (Wildman–Crippen LogP) is 1.73. The third kappa shape index (κ3) is 1.64. The first-order valence-electron chi connectivity index (χ1n) is 5.30. The van der Waals surface area contributed by atoms with Crippen molar-refractivity contribution in [2.75, 3.05) is 0 Å². The first kappa shape index (κ1) is 9.20. The molecule has 2 rings (SSSR count). The molecule has 2 bridgehead atoms. The fraction of sp³-hybridized carbons (Fsp3) is 0.909. The number of carbonyl (C=O) groups is 1. The second-order valence-electron chi connectivity index (χ2n) is 5.40. The lowest BCUT2D eigenvalue weighted by Crippen LogP contribution is -2.49. The summed E-state index contributed by atoms with van der Waals surface area (Å²) in [6, 6.07) is 0. The Bertz CT molecular complexity index is 232. The van der Waals surface area contributed by atoms with E-state index in [2.05, 4.69) is 13.8 Å². The molecule has 0 saturated heterocycles. The number of hydrogen-bond acceptors (Lipinski definition) is 2. The van der Waals surface area contributed by atoms with Crippen LogP contribution in [-0.2, 0) is 4.79 Å². The van der Waals surface area contributed by atoms with E-state index in [0.717, 1.165) is 25.7 Å². The minimum atomic E-state index is -0.0800. The van der Waals surface area contributed by atoms with Gasteiger partial charge in [0.15, 0.2) is 0 Å². The highest BCUT2D eigenvalue weighted by atomic mass is 16.1. The van der Waals surface area contributed by atoms with Crippen LogP contribution in [0.3, 0.4) is 0 Å². The van der Waals surface area contributed by atoms with Crippen LogP contribution in [0.1, 0.15) is 39.5 Å². The Hall–Kier alpha value is -0.370. The molecule has 4 atom stereocenters. The number of carbonyl (C=O) groups excluding carboxylic acids is 1. The highest BCUT2D eigenvalue weighted by Gasteiger charge is 2.43. The summed E-state index contributed by atoms with van der Waals surface area (Å²) in [5.74, 6) is 1.74. The van der Waals surface area contributed by atoms with Gasteiger partial charge in [0.2, 0.25) is 0 Å². The molecule has 2 saturated carbocycles. The standard InChI is InChI=1S/C11H19NO/c1-7-3-8-4-9(10(7)13)6-11(2,12)5-8/h7-9H,3-6,12H2,1-2H3. The van der Waals surface area contributed by atoms with Gasteiger partial charge in [-0.15, -0.1) is 0 Å². The molecule has 2 aliphatic carbocycles. The summed E-state index contributed by atoms with van der Waals surface area (Å²) in [6.45, 7) is 4.16. The largest absolute Gasteiger partial charge is 0.325 e. The van der Waals surface area contributed by atoms with Gasteiger partial charge >= 0.3 is 0 Å². The Morgan fingerprint density at radius 1 is 1.38 bits per heavy atom. The Balaban J connectivity index is 2.17. The summed E-state index contributed by atoms with van der Waals surface area (Å²) in [5.41, 5.74) is 6.04. The molecule has 2 fully saturated rings. The van der Waals surface area contributed by atoms with Crippen LogP contribution in [0, 0.1) is 17.8 Å². The van der Waals surface area contributed by atoms with Crippen molar-refractivity contribution in [3.63, 3.8) is 0 Å². The van der Waals surface area contributed by atoms with Gasteiger partial charge in [-0.05, 0) is 38.5 Å². The molecule has 4 unspecified atom stereocenters.